The van der Waals surface area contributed by atoms with Gasteiger partial charge in [0.25, 0.3) is 5.91 Å². The molecule has 2 atom stereocenters. The van der Waals surface area contributed by atoms with Crippen LogP contribution in [0.25, 0.3) is 10.9 Å². The van der Waals surface area contributed by atoms with Gasteiger partial charge in [-0.15, -0.1) is 0 Å². The highest BCUT2D eigenvalue weighted by Gasteiger charge is 2.49. The van der Waals surface area contributed by atoms with Crippen molar-refractivity contribution in [2.75, 3.05) is 13.7 Å². The molecule has 1 saturated carbocycles. The SMILES string of the molecule is COc1cc(C)c2[nH]ccc2c1CN1CCC2(CC(C#N)C2)C[C@H]1c1ccc(C(=O)N[C@@H](Cc2ccccc2)C(=O)O)cc1. The number of carbonyl (C=O) groups is 2. The van der Waals surface area contributed by atoms with Crippen LogP contribution >= 0.6 is 0 Å². The summed E-state index contributed by atoms with van der Waals surface area (Å²) in [6.45, 7) is 3.69. The molecule has 226 valence electrons. The number of aromatic amines is 1. The van der Waals surface area contributed by atoms with E-state index in [4.69, 9.17) is 4.74 Å². The number of rotatable bonds is 9. The van der Waals surface area contributed by atoms with Gasteiger partial charge in [-0.05, 0) is 85.5 Å². The molecular formula is C36H38N4O4. The maximum atomic E-state index is 13.1. The average Bonchev–Trinajstić information content (AvgIpc) is 3.52. The topological polar surface area (TPSA) is 118 Å². The van der Waals surface area contributed by atoms with Crippen molar-refractivity contribution >= 4 is 22.8 Å². The maximum Gasteiger partial charge on any atom is 0.326 e. The number of fused-ring (bicyclic) bond motifs is 1. The lowest BCUT2D eigenvalue weighted by Gasteiger charge is -2.53. The molecule has 0 radical (unpaired) electrons. The minimum absolute atomic E-state index is 0.102. The summed E-state index contributed by atoms with van der Waals surface area (Å²) >= 11 is 0. The van der Waals surface area contributed by atoms with Crippen molar-refractivity contribution in [2.24, 2.45) is 11.3 Å². The van der Waals surface area contributed by atoms with Crippen molar-refractivity contribution in [1.82, 2.24) is 15.2 Å². The largest absolute Gasteiger partial charge is 0.496 e. The van der Waals surface area contributed by atoms with E-state index in [-0.39, 0.29) is 23.8 Å². The van der Waals surface area contributed by atoms with Gasteiger partial charge in [-0.1, -0.05) is 42.5 Å². The van der Waals surface area contributed by atoms with Gasteiger partial charge in [0.05, 0.1) is 13.2 Å². The first-order valence-electron chi connectivity index (χ1n) is 15.2. The molecule has 44 heavy (non-hydrogen) atoms. The average molecular weight is 591 g/mol. The highest BCUT2D eigenvalue weighted by Crippen LogP contribution is 2.56. The summed E-state index contributed by atoms with van der Waals surface area (Å²) in [6.07, 6.45) is 6.03. The predicted molar refractivity (Wildman–Crippen MR) is 168 cm³/mol. The zero-order valence-corrected chi connectivity index (χ0v) is 25.2. The van der Waals surface area contributed by atoms with Crippen LogP contribution in [-0.2, 0) is 17.8 Å². The number of nitriles is 1. The molecule has 8 nitrogen and oxygen atoms in total. The summed E-state index contributed by atoms with van der Waals surface area (Å²) in [4.78, 5) is 30.9. The van der Waals surface area contributed by atoms with Crippen LogP contribution in [0.2, 0.25) is 0 Å². The van der Waals surface area contributed by atoms with Crippen molar-refractivity contribution < 1.29 is 19.4 Å². The molecule has 8 heteroatoms. The number of nitrogens with one attached hydrogen (secondary N) is 2. The Hall–Kier alpha value is -4.61. The van der Waals surface area contributed by atoms with Gasteiger partial charge in [0.1, 0.15) is 11.8 Å². The Balaban J connectivity index is 1.24. The number of aromatic nitrogens is 1. The normalized spacial score (nSPS) is 22.2. The first kappa shape index (κ1) is 29.5. The number of H-pyrrole nitrogens is 1. The number of methoxy groups -OCH3 is 1. The van der Waals surface area contributed by atoms with Gasteiger partial charge in [-0.3, -0.25) is 9.69 Å². The molecule has 4 aromatic rings. The third-order valence-electron chi connectivity index (χ3n) is 9.67. The first-order valence-corrected chi connectivity index (χ1v) is 15.2. The number of hydrogen-bond acceptors (Lipinski definition) is 5. The van der Waals surface area contributed by atoms with Crippen LogP contribution in [0.3, 0.4) is 0 Å². The van der Waals surface area contributed by atoms with Gasteiger partial charge in [0, 0.05) is 53.2 Å². The molecule has 1 aliphatic heterocycles. The highest BCUT2D eigenvalue weighted by atomic mass is 16.5. The number of ether oxygens (including phenoxy) is 1. The Labute approximate surface area is 257 Å². The molecule has 1 spiro atoms. The van der Waals surface area contributed by atoms with Gasteiger partial charge in [0.15, 0.2) is 0 Å². The van der Waals surface area contributed by atoms with Crippen LogP contribution in [-0.4, -0.2) is 46.6 Å². The molecule has 2 heterocycles. The van der Waals surface area contributed by atoms with E-state index in [2.05, 4.69) is 40.3 Å². The van der Waals surface area contributed by atoms with Crippen LogP contribution in [0.4, 0.5) is 0 Å². The van der Waals surface area contributed by atoms with Gasteiger partial charge in [-0.25, -0.2) is 4.79 Å². The number of aliphatic carboxylic acids is 1. The molecule has 1 amide bonds. The standard InChI is InChI=1S/C36H38N4O4/c1-23-16-32(44-2)29(28-12-14-38-33(23)28)22-40-15-13-36(18-25(19-36)21-37)20-31(40)26-8-10-27(11-9-26)34(41)39-30(35(42)43)17-24-6-4-3-5-7-24/h3-12,14,16,25,30-31,38H,13,15,17-20,22H2,1-2H3,(H,39,41)(H,42,43)/t25?,30-,31-,36?/m0/s1. The van der Waals surface area contributed by atoms with E-state index in [1.54, 1.807) is 19.2 Å². The number of carbonyl (C=O) groups excluding carboxylic acids is 1. The van der Waals surface area contributed by atoms with Crippen molar-refractivity contribution in [3.8, 4) is 11.8 Å². The number of aryl methyl sites for hydroxylation is 1. The fourth-order valence-corrected chi connectivity index (χ4v) is 7.28. The van der Waals surface area contributed by atoms with E-state index in [0.717, 1.165) is 71.1 Å². The number of likely N-dealkylation sites (tertiary alicyclic amines) is 1. The van der Waals surface area contributed by atoms with Crippen LogP contribution in [0.1, 0.15) is 64.3 Å². The number of nitrogens with zero attached hydrogens (tertiary/aromatic N) is 2. The van der Waals surface area contributed by atoms with Crippen molar-refractivity contribution in [3.05, 3.63) is 101 Å². The van der Waals surface area contributed by atoms with E-state index < -0.39 is 17.9 Å². The molecule has 2 fully saturated rings. The fourth-order valence-electron chi connectivity index (χ4n) is 7.28. The van der Waals surface area contributed by atoms with Crippen LogP contribution < -0.4 is 10.1 Å². The van der Waals surface area contributed by atoms with Crippen LogP contribution in [0.5, 0.6) is 5.75 Å². The van der Waals surface area contributed by atoms with Gasteiger partial charge < -0.3 is 20.1 Å². The Bertz CT molecular complexity index is 1700. The number of carboxylic acid groups (broad SMARTS) is 1. The summed E-state index contributed by atoms with van der Waals surface area (Å²) < 4.78 is 5.85. The maximum absolute atomic E-state index is 13.1. The number of amides is 1. The van der Waals surface area contributed by atoms with Gasteiger partial charge in [0.2, 0.25) is 0 Å². The van der Waals surface area contributed by atoms with E-state index in [0.29, 0.717) is 12.1 Å². The quantitative estimate of drug-likeness (QED) is 0.215. The zero-order chi connectivity index (χ0) is 30.8. The van der Waals surface area contributed by atoms with Gasteiger partial charge in [-0.2, -0.15) is 5.26 Å². The third-order valence-corrected chi connectivity index (χ3v) is 9.67. The second-order valence-corrected chi connectivity index (χ2v) is 12.5. The lowest BCUT2D eigenvalue weighted by molar-refractivity contribution is -0.139. The summed E-state index contributed by atoms with van der Waals surface area (Å²) in [5.41, 5.74) is 5.93. The summed E-state index contributed by atoms with van der Waals surface area (Å²) in [7, 11) is 1.72. The smallest absolute Gasteiger partial charge is 0.326 e. The number of benzene rings is 3. The molecule has 0 unspecified atom stereocenters. The van der Waals surface area contributed by atoms with Crippen molar-refractivity contribution in [3.63, 3.8) is 0 Å². The van der Waals surface area contributed by atoms with E-state index >= 15 is 0 Å². The molecule has 2 aliphatic rings. The molecule has 1 aliphatic carbocycles. The second-order valence-electron chi connectivity index (χ2n) is 12.5. The minimum Gasteiger partial charge on any atom is -0.496 e. The fraction of sp³-hybridized carbons (Fsp3) is 0.361. The molecule has 3 N–H and O–H groups in total. The Kier molecular flexibility index (Phi) is 8.15. The highest BCUT2D eigenvalue weighted by molar-refractivity contribution is 5.96. The third kappa shape index (κ3) is 5.80. The predicted octanol–water partition coefficient (Wildman–Crippen LogP) is 6.17. The van der Waals surface area contributed by atoms with E-state index in [1.165, 1.54) is 0 Å². The molecule has 1 saturated heterocycles. The zero-order valence-electron chi connectivity index (χ0n) is 25.2. The second kappa shape index (κ2) is 12.2. The van der Waals surface area contributed by atoms with Crippen molar-refractivity contribution in [1.29, 1.82) is 5.26 Å². The van der Waals surface area contributed by atoms with Crippen LogP contribution in [0.15, 0.2) is 72.9 Å². The number of carboxylic acids is 1. The summed E-state index contributed by atoms with van der Waals surface area (Å²) in [5.74, 6) is -0.478. The molecule has 6 rings (SSSR count). The molecular weight excluding hydrogens is 552 g/mol. The lowest BCUT2D eigenvalue weighted by Crippen LogP contribution is -2.48. The molecule has 0 bridgehead atoms. The van der Waals surface area contributed by atoms with E-state index in [9.17, 15) is 20.0 Å². The number of hydrogen-bond donors (Lipinski definition) is 3. The number of piperidine rings is 1. The Morgan fingerprint density at radius 1 is 1.14 bits per heavy atom. The van der Waals surface area contributed by atoms with Crippen LogP contribution in [0, 0.1) is 29.6 Å². The van der Waals surface area contributed by atoms with Gasteiger partial charge >= 0.3 is 5.97 Å². The summed E-state index contributed by atoms with van der Waals surface area (Å²) in [6, 6.07) is 22.6. The summed E-state index contributed by atoms with van der Waals surface area (Å²) in [5, 5.41) is 23.1. The Morgan fingerprint density at radius 3 is 2.57 bits per heavy atom. The first-order chi connectivity index (χ1) is 21.3. The van der Waals surface area contributed by atoms with E-state index in [1.807, 2.05) is 48.7 Å². The van der Waals surface area contributed by atoms with Crippen molar-refractivity contribution in [2.45, 2.75) is 57.7 Å². The monoisotopic (exact) mass is 590 g/mol. The molecule has 3 aromatic carbocycles. The minimum atomic E-state index is -1.07. The molecule has 1 aromatic heterocycles. The lowest BCUT2D eigenvalue weighted by atomic mass is 9.56. The Morgan fingerprint density at radius 2 is 1.89 bits per heavy atom.